The largest absolute Gasteiger partial charge is 0.497 e. The van der Waals surface area contributed by atoms with Crippen LogP contribution < -0.4 is 10.1 Å². The van der Waals surface area contributed by atoms with Gasteiger partial charge in [-0.15, -0.1) is 0 Å². The average Bonchev–Trinajstić information content (AvgIpc) is 2.67. The van der Waals surface area contributed by atoms with Crippen molar-refractivity contribution < 1.29 is 13.9 Å². The van der Waals surface area contributed by atoms with Crippen LogP contribution in [0.4, 0.5) is 4.39 Å². The molecule has 4 nitrogen and oxygen atoms in total. The SMILES string of the molecule is CCN(CC)C(CNC(=O)Cc1ccccc1F)c1cccc(OC)c1. The lowest BCUT2D eigenvalue weighted by molar-refractivity contribution is -0.120. The number of methoxy groups -OCH3 is 1. The number of rotatable bonds is 9. The van der Waals surface area contributed by atoms with Crippen molar-refractivity contribution >= 4 is 5.91 Å². The summed E-state index contributed by atoms with van der Waals surface area (Å²) in [5.41, 5.74) is 1.49. The highest BCUT2D eigenvalue weighted by molar-refractivity contribution is 5.78. The summed E-state index contributed by atoms with van der Waals surface area (Å²) in [4.78, 5) is 14.6. The molecule has 1 unspecified atom stereocenters. The minimum absolute atomic E-state index is 0.0321. The standard InChI is InChI=1S/C21H27FN2O2/c1-4-24(5-2)20(17-10-8-11-18(13-17)26-3)15-23-21(25)14-16-9-6-7-12-19(16)22/h6-13,20H,4-5,14-15H2,1-3H3,(H,23,25). The lowest BCUT2D eigenvalue weighted by atomic mass is 10.0. The Bertz CT molecular complexity index is 717. The third-order valence-corrected chi connectivity index (χ3v) is 4.53. The number of likely N-dealkylation sites (N-methyl/N-ethyl adjacent to an activating group) is 1. The molecule has 0 fully saturated rings. The van der Waals surface area contributed by atoms with E-state index < -0.39 is 0 Å². The van der Waals surface area contributed by atoms with Gasteiger partial charge in [-0.05, 0) is 42.4 Å². The Morgan fingerprint density at radius 2 is 1.88 bits per heavy atom. The van der Waals surface area contributed by atoms with E-state index in [2.05, 4.69) is 24.1 Å². The van der Waals surface area contributed by atoms with E-state index in [0.717, 1.165) is 24.4 Å². The van der Waals surface area contributed by atoms with Crippen LogP contribution in [0.15, 0.2) is 48.5 Å². The van der Waals surface area contributed by atoms with Crippen molar-refractivity contribution in [2.75, 3.05) is 26.7 Å². The first-order valence-corrected chi connectivity index (χ1v) is 8.97. The maximum absolute atomic E-state index is 13.7. The molecule has 1 N–H and O–H groups in total. The molecule has 0 saturated carbocycles. The van der Waals surface area contributed by atoms with Crippen molar-refractivity contribution in [2.45, 2.75) is 26.3 Å². The number of benzene rings is 2. The molecule has 0 aliphatic rings. The van der Waals surface area contributed by atoms with Gasteiger partial charge in [0.2, 0.25) is 5.91 Å². The number of carbonyl (C=O) groups excluding carboxylic acids is 1. The van der Waals surface area contributed by atoms with Gasteiger partial charge < -0.3 is 10.1 Å². The van der Waals surface area contributed by atoms with Crippen molar-refractivity contribution in [3.05, 3.63) is 65.5 Å². The zero-order valence-corrected chi connectivity index (χ0v) is 15.7. The summed E-state index contributed by atoms with van der Waals surface area (Å²) in [6, 6.07) is 14.3. The summed E-state index contributed by atoms with van der Waals surface area (Å²) in [5, 5.41) is 2.96. The highest BCUT2D eigenvalue weighted by atomic mass is 19.1. The van der Waals surface area contributed by atoms with Crippen LogP contribution >= 0.6 is 0 Å². The zero-order valence-electron chi connectivity index (χ0n) is 15.7. The Morgan fingerprint density at radius 1 is 1.15 bits per heavy atom. The maximum Gasteiger partial charge on any atom is 0.224 e. The fourth-order valence-corrected chi connectivity index (χ4v) is 3.06. The smallest absolute Gasteiger partial charge is 0.224 e. The molecule has 0 bridgehead atoms. The lowest BCUT2D eigenvalue weighted by Gasteiger charge is -2.30. The van der Waals surface area contributed by atoms with Gasteiger partial charge in [-0.1, -0.05) is 44.2 Å². The average molecular weight is 358 g/mol. The Balaban J connectivity index is 2.09. The molecule has 0 saturated heterocycles. The molecule has 26 heavy (non-hydrogen) atoms. The third kappa shape index (κ3) is 5.30. The van der Waals surface area contributed by atoms with E-state index in [-0.39, 0.29) is 24.2 Å². The van der Waals surface area contributed by atoms with Gasteiger partial charge in [-0.3, -0.25) is 9.69 Å². The Labute approximate surface area is 155 Å². The van der Waals surface area contributed by atoms with E-state index in [1.807, 2.05) is 24.3 Å². The van der Waals surface area contributed by atoms with Crippen LogP contribution in [0.5, 0.6) is 5.75 Å². The Morgan fingerprint density at radius 3 is 2.54 bits per heavy atom. The summed E-state index contributed by atoms with van der Waals surface area (Å²) in [7, 11) is 1.64. The van der Waals surface area contributed by atoms with E-state index in [1.54, 1.807) is 25.3 Å². The van der Waals surface area contributed by atoms with Crippen LogP contribution in [0.1, 0.15) is 31.0 Å². The molecule has 1 amide bonds. The fourth-order valence-electron chi connectivity index (χ4n) is 3.06. The van der Waals surface area contributed by atoms with Gasteiger partial charge in [-0.2, -0.15) is 0 Å². The number of amides is 1. The van der Waals surface area contributed by atoms with E-state index in [9.17, 15) is 9.18 Å². The molecule has 0 aliphatic carbocycles. The minimum atomic E-state index is -0.351. The molecule has 0 spiro atoms. The second-order valence-electron chi connectivity index (χ2n) is 6.09. The van der Waals surface area contributed by atoms with Gasteiger partial charge in [0.1, 0.15) is 11.6 Å². The van der Waals surface area contributed by atoms with Gasteiger partial charge in [0, 0.05) is 6.54 Å². The minimum Gasteiger partial charge on any atom is -0.497 e. The van der Waals surface area contributed by atoms with Crippen molar-refractivity contribution in [1.82, 2.24) is 10.2 Å². The van der Waals surface area contributed by atoms with Crippen LogP contribution in [0.25, 0.3) is 0 Å². The molecule has 5 heteroatoms. The highest BCUT2D eigenvalue weighted by Crippen LogP contribution is 2.23. The maximum atomic E-state index is 13.7. The number of hydrogen-bond donors (Lipinski definition) is 1. The second kappa shape index (κ2) is 9.92. The molecule has 1 atom stereocenters. The lowest BCUT2D eigenvalue weighted by Crippen LogP contribution is -2.38. The summed E-state index contributed by atoms with van der Waals surface area (Å²) < 4.78 is 19.1. The number of nitrogens with one attached hydrogen (secondary N) is 1. The van der Waals surface area contributed by atoms with Gasteiger partial charge in [0.25, 0.3) is 0 Å². The van der Waals surface area contributed by atoms with Crippen LogP contribution in [0, 0.1) is 5.82 Å². The predicted molar refractivity (Wildman–Crippen MR) is 102 cm³/mol. The third-order valence-electron chi connectivity index (χ3n) is 4.53. The Hall–Kier alpha value is -2.40. The van der Waals surface area contributed by atoms with Gasteiger partial charge in [0.15, 0.2) is 0 Å². The number of carbonyl (C=O) groups is 1. The Kier molecular flexibility index (Phi) is 7.60. The van der Waals surface area contributed by atoms with Gasteiger partial charge in [0.05, 0.1) is 19.6 Å². The first-order chi connectivity index (χ1) is 12.6. The molecule has 2 aromatic rings. The van der Waals surface area contributed by atoms with Crippen molar-refractivity contribution in [3.63, 3.8) is 0 Å². The van der Waals surface area contributed by atoms with Crippen LogP contribution in [-0.4, -0.2) is 37.6 Å². The summed E-state index contributed by atoms with van der Waals surface area (Å²) in [6.45, 7) is 6.38. The monoisotopic (exact) mass is 358 g/mol. The predicted octanol–water partition coefficient (Wildman–Crippen LogP) is 3.58. The molecular formula is C21H27FN2O2. The highest BCUT2D eigenvalue weighted by Gasteiger charge is 2.19. The van der Waals surface area contributed by atoms with E-state index in [0.29, 0.717) is 12.1 Å². The summed E-state index contributed by atoms with van der Waals surface area (Å²) in [5.74, 6) is 0.253. The van der Waals surface area contributed by atoms with E-state index >= 15 is 0 Å². The molecule has 0 heterocycles. The van der Waals surface area contributed by atoms with Crippen molar-refractivity contribution in [1.29, 1.82) is 0 Å². The molecule has 0 aromatic heterocycles. The molecule has 2 aromatic carbocycles. The molecule has 0 aliphatic heterocycles. The van der Waals surface area contributed by atoms with Crippen molar-refractivity contribution in [2.24, 2.45) is 0 Å². The normalized spacial score (nSPS) is 12.0. The first-order valence-electron chi connectivity index (χ1n) is 8.97. The number of halogens is 1. The molecule has 2 rings (SSSR count). The van der Waals surface area contributed by atoms with E-state index in [1.165, 1.54) is 6.07 Å². The number of nitrogens with zero attached hydrogens (tertiary/aromatic N) is 1. The van der Waals surface area contributed by atoms with Gasteiger partial charge >= 0.3 is 0 Å². The van der Waals surface area contributed by atoms with E-state index in [4.69, 9.17) is 4.74 Å². The number of ether oxygens (including phenoxy) is 1. The molecule has 0 radical (unpaired) electrons. The summed E-state index contributed by atoms with van der Waals surface area (Å²) in [6.07, 6.45) is 0.0375. The zero-order chi connectivity index (χ0) is 18.9. The first kappa shape index (κ1) is 19.9. The van der Waals surface area contributed by atoms with Crippen molar-refractivity contribution in [3.8, 4) is 5.75 Å². The quantitative estimate of drug-likeness (QED) is 0.745. The molecule has 140 valence electrons. The summed E-state index contributed by atoms with van der Waals surface area (Å²) >= 11 is 0. The van der Waals surface area contributed by atoms with Crippen LogP contribution in [-0.2, 0) is 11.2 Å². The van der Waals surface area contributed by atoms with Gasteiger partial charge in [-0.25, -0.2) is 4.39 Å². The van der Waals surface area contributed by atoms with Crippen LogP contribution in [0.3, 0.4) is 0 Å². The topological polar surface area (TPSA) is 41.6 Å². The fraction of sp³-hybridized carbons (Fsp3) is 0.381. The number of hydrogen-bond acceptors (Lipinski definition) is 3. The van der Waals surface area contributed by atoms with Crippen LogP contribution in [0.2, 0.25) is 0 Å². The second-order valence-corrected chi connectivity index (χ2v) is 6.09. The molecular weight excluding hydrogens is 331 g/mol.